The number of carbonyl (C=O) groups is 3. The minimum Gasteiger partial charge on any atom is -0.374 e. The lowest BCUT2D eigenvalue weighted by Gasteiger charge is -2.22. The maximum atomic E-state index is 13.0. The second-order valence-corrected chi connectivity index (χ2v) is 13.4. The number of nitrogens with one attached hydrogen (secondary N) is 3. The minimum atomic E-state index is -0.498. The molecule has 7 rings (SSSR count). The predicted molar refractivity (Wildman–Crippen MR) is 208 cm³/mol. The fraction of sp³-hybridized carbons (Fsp3) is 0.190. The minimum absolute atomic E-state index is 0.00791. The summed E-state index contributed by atoms with van der Waals surface area (Å²) in [6, 6.07) is 22.8. The summed E-state index contributed by atoms with van der Waals surface area (Å²) in [5.74, 6) is 4.86. The van der Waals surface area contributed by atoms with Crippen LogP contribution < -0.4 is 21.5 Å². The summed E-state index contributed by atoms with van der Waals surface area (Å²) < 4.78 is 1.72. The number of piperidine rings is 1. The van der Waals surface area contributed by atoms with Crippen molar-refractivity contribution in [2.24, 2.45) is 7.05 Å². The van der Waals surface area contributed by atoms with Crippen LogP contribution in [0.15, 0.2) is 90.0 Å². The molecule has 1 atom stereocenters. The number of amides is 3. The number of nitrogens with zero attached hydrogens (tertiary/aromatic N) is 3. The van der Waals surface area contributed by atoms with Crippen LogP contribution in [0.3, 0.4) is 0 Å². The summed E-state index contributed by atoms with van der Waals surface area (Å²) in [6.07, 6.45) is 4.95. The Morgan fingerprint density at radius 3 is 2.60 bits per heavy atom. The van der Waals surface area contributed by atoms with E-state index in [9.17, 15) is 19.2 Å². The molecule has 1 unspecified atom stereocenters. The van der Waals surface area contributed by atoms with E-state index >= 15 is 0 Å². The Labute approximate surface area is 310 Å². The number of hydrogen-bond acceptors (Lipinski definition) is 7. The highest BCUT2D eigenvalue weighted by Gasteiger charge is 2.26. The third-order valence-corrected chi connectivity index (χ3v) is 9.70. The van der Waals surface area contributed by atoms with Crippen LogP contribution in [0.1, 0.15) is 46.9 Å². The van der Waals surface area contributed by atoms with Gasteiger partial charge in [0.15, 0.2) is 0 Å². The second kappa shape index (κ2) is 14.7. The number of rotatable bonds is 7. The molecule has 0 bridgehead atoms. The van der Waals surface area contributed by atoms with Gasteiger partial charge in [0.1, 0.15) is 11.7 Å². The van der Waals surface area contributed by atoms with Crippen LogP contribution in [0.25, 0.3) is 44.1 Å². The molecule has 53 heavy (non-hydrogen) atoms. The molecule has 11 heteroatoms. The molecular formula is C42H35ClN6O4. The van der Waals surface area contributed by atoms with Gasteiger partial charge < -0.3 is 15.2 Å². The first-order valence-corrected chi connectivity index (χ1v) is 17.6. The Morgan fingerprint density at radius 2 is 1.81 bits per heavy atom. The van der Waals surface area contributed by atoms with Crippen LogP contribution >= 0.6 is 11.6 Å². The van der Waals surface area contributed by atoms with Gasteiger partial charge in [-0.05, 0) is 84.3 Å². The maximum absolute atomic E-state index is 13.0. The molecule has 4 heterocycles. The highest BCUT2D eigenvalue weighted by atomic mass is 35.5. The number of benzene rings is 3. The third-order valence-electron chi connectivity index (χ3n) is 9.41. The van der Waals surface area contributed by atoms with Crippen molar-refractivity contribution in [3.8, 4) is 34.2 Å². The van der Waals surface area contributed by atoms with Gasteiger partial charge in [0.05, 0.1) is 22.8 Å². The molecule has 264 valence electrons. The van der Waals surface area contributed by atoms with Gasteiger partial charge in [-0.15, -0.1) is 0 Å². The fourth-order valence-corrected chi connectivity index (χ4v) is 6.84. The Bertz CT molecular complexity index is 2600. The number of imide groups is 1. The average molecular weight is 723 g/mol. The summed E-state index contributed by atoms with van der Waals surface area (Å²) in [6.45, 7) is 4.00. The molecule has 3 amide bonds. The molecule has 0 aliphatic carbocycles. The van der Waals surface area contributed by atoms with Crippen LogP contribution in [-0.4, -0.2) is 44.8 Å². The molecule has 3 N–H and O–H groups in total. The van der Waals surface area contributed by atoms with E-state index < -0.39 is 11.9 Å². The van der Waals surface area contributed by atoms with Gasteiger partial charge in [0.2, 0.25) is 11.8 Å². The molecule has 3 aromatic carbocycles. The van der Waals surface area contributed by atoms with E-state index in [1.165, 1.54) is 0 Å². The quantitative estimate of drug-likeness (QED) is 0.129. The Kier molecular flexibility index (Phi) is 9.76. The topological polar surface area (TPSA) is 135 Å². The van der Waals surface area contributed by atoms with Gasteiger partial charge in [0, 0.05) is 59.0 Å². The van der Waals surface area contributed by atoms with Crippen LogP contribution in [0.5, 0.6) is 0 Å². The molecule has 1 saturated heterocycles. The number of carbonyl (C=O) groups excluding carboxylic acids is 3. The number of hydrogen-bond donors (Lipinski definition) is 3. The van der Waals surface area contributed by atoms with Crippen molar-refractivity contribution >= 4 is 56.7 Å². The second-order valence-electron chi connectivity index (χ2n) is 13.0. The van der Waals surface area contributed by atoms with Gasteiger partial charge in [0.25, 0.3) is 11.5 Å². The van der Waals surface area contributed by atoms with Crippen molar-refractivity contribution < 1.29 is 14.4 Å². The number of pyridine rings is 3. The normalized spacial score (nSPS) is 14.1. The molecule has 3 aromatic heterocycles. The highest BCUT2D eigenvalue weighted by Crippen LogP contribution is 2.36. The molecule has 0 radical (unpaired) electrons. The number of anilines is 1. The van der Waals surface area contributed by atoms with Crippen molar-refractivity contribution in [1.82, 2.24) is 25.2 Å². The van der Waals surface area contributed by atoms with Crippen LogP contribution in [-0.2, 0) is 23.1 Å². The molecule has 1 aliphatic heterocycles. The summed E-state index contributed by atoms with van der Waals surface area (Å²) in [4.78, 5) is 58.4. The van der Waals surface area contributed by atoms with E-state index in [0.29, 0.717) is 34.5 Å². The zero-order valence-electron chi connectivity index (χ0n) is 29.3. The average Bonchev–Trinajstić information content (AvgIpc) is 3.16. The van der Waals surface area contributed by atoms with E-state index in [0.717, 1.165) is 44.8 Å². The molecule has 6 aromatic rings. The smallest absolute Gasteiger partial charge is 0.272 e. The zero-order chi connectivity index (χ0) is 37.2. The third kappa shape index (κ3) is 7.25. The van der Waals surface area contributed by atoms with Gasteiger partial charge in [-0.2, -0.15) is 0 Å². The number of aryl methyl sites for hydroxylation is 3. The maximum Gasteiger partial charge on any atom is 0.272 e. The fourth-order valence-electron chi connectivity index (χ4n) is 6.59. The van der Waals surface area contributed by atoms with Gasteiger partial charge >= 0.3 is 0 Å². The van der Waals surface area contributed by atoms with E-state index in [4.69, 9.17) is 16.6 Å². The Balaban J connectivity index is 1.07. The van der Waals surface area contributed by atoms with Crippen molar-refractivity contribution in [3.63, 3.8) is 0 Å². The van der Waals surface area contributed by atoms with E-state index in [2.05, 4.69) is 57.9 Å². The summed E-state index contributed by atoms with van der Waals surface area (Å²) in [7, 11) is 1.81. The first-order chi connectivity index (χ1) is 25.6. The van der Waals surface area contributed by atoms with Crippen molar-refractivity contribution in [3.05, 3.63) is 123 Å². The molecular weight excluding hydrogens is 688 g/mol. The largest absolute Gasteiger partial charge is 0.374 e. The van der Waals surface area contributed by atoms with Crippen molar-refractivity contribution in [2.75, 3.05) is 11.9 Å². The zero-order valence-corrected chi connectivity index (χ0v) is 30.1. The lowest BCUT2D eigenvalue weighted by atomic mass is 9.93. The SMILES string of the molecule is CCc1cc(-c2cccc3cc(-c4cnc(C(=O)NCC#Cc5cccc(NC6CCC(=O)NC6=O)c5)c(Cl)c4)ncc23)c2cc(C)c(=O)n(C)c2c1. The molecule has 1 fully saturated rings. The van der Waals surface area contributed by atoms with E-state index in [-0.39, 0.29) is 41.1 Å². The van der Waals surface area contributed by atoms with Gasteiger partial charge in [-0.25, -0.2) is 4.98 Å². The molecule has 0 spiro atoms. The molecule has 0 saturated carbocycles. The van der Waals surface area contributed by atoms with Crippen molar-refractivity contribution in [1.29, 1.82) is 0 Å². The lowest BCUT2D eigenvalue weighted by Crippen LogP contribution is -2.47. The molecule has 10 nitrogen and oxygen atoms in total. The van der Waals surface area contributed by atoms with E-state index in [1.807, 2.05) is 62.6 Å². The highest BCUT2D eigenvalue weighted by molar-refractivity contribution is 6.33. The predicted octanol–water partition coefficient (Wildman–Crippen LogP) is 6.34. The van der Waals surface area contributed by atoms with E-state index in [1.54, 1.807) is 22.9 Å². The monoisotopic (exact) mass is 722 g/mol. The van der Waals surface area contributed by atoms with Crippen LogP contribution in [0.4, 0.5) is 5.69 Å². The van der Waals surface area contributed by atoms with Crippen molar-refractivity contribution in [2.45, 2.75) is 39.2 Å². The first kappa shape index (κ1) is 35.1. The number of halogens is 1. The van der Waals surface area contributed by atoms with Gasteiger partial charge in [-0.1, -0.05) is 60.7 Å². The first-order valence-electron chi connectivity index (χ1n) is 17.2. The number of fused-ring (bicyclic) bond motifs is 2. The number of aromatic nitrogens is 3. The summed E-state index contributed by atoms with van der Waals surface area (Å²) >= 11 is 6.58. The standard InChI is InChI=1S/C42H35ClN6O4/c1-4-25-18-31(32-16-24(2)42(53)49(3)37(32)19-25)30-12-6-10-27-21-36(45-23-33(27)30)28-20-34(43)39(46-22-28)41(52)44-15-7-9-26-8-5-11-29(17-26)47-35-13-14-38(50)48-40(35)51/h5-6,8,10-12,16-23,35,47H,4,13-15H2,1-3H3,(H,44,52)(H,48,50,51). The Morgan fingerprint density at radius 1 is 0.981 bits per heavy atom. The van der Waals surface area contributed by atoms with Gasteiger partial charge in [-0.3, -0.25) is 29.5 Å². The Hall–Kier alpha value is -6.31. The van der Waals surface area contributed by atoms with Crippen LogP contribution in [0.2, 0.25) is 5.02 Å². The summed E-state index contributed by atoms with van der Waals surface area (Å²) in [5.41, 5.74) is 7.54. The van der Waals surface area contributed by atoms with Crippen LogP contribution in [0, 0.1) is 18.8 Å². The summed E-state index contributed by atoms with van der Waals surface area (Å²) in [5, 5.41) is 11.3. The molecule has 1 aliphatic rings. The lowest BCUT2D eigenvalue weighted by molar-refractivity contribution is -0.133.